The van der Waals surface area contributed by atoms with Crippen molar-refractivity contribution in [1.82, 2.24) is 20.3 Å². The SMILES string of the molecule is CCC(C)(C)NC(=O)[C@H](c1cccs1)N(C(=O)Cn1nnc2ccccc21)c1ccc(OC)c(OC)c1. The van der Waals surface area contributed by atoms with E-state index in [1.807, 2.05) is 62.5 Å². The Morgan fingerprint density at radius 3 is 2.51 bits per heavy atom. The van der Waals surface area contributed by atoms with Crippen LogP contribution in [-0.2, 0) is 16.1 Å². The minimum absolute atomic E-state index is 0.110. The maximum Gasteiger partial charge on any atom is 0.249 e. The summed E-state index contributed by atoms with van der Waals surface area (Å²) in [7, 11) is 3.08. The number of nitrogens with one attached hydrogen (secondary N) is 1. The van der Waals surface area contributed by atoms with Crippen LogP contribution in [0.4, 0.5) is 5.69 Å². The van der Waals surface area contributed by atoms with Crippen molar-refractivity contribution in [1.29, 1.82) is 0 Å². The van der Waals surface area contributed by atoms with Gasteiger partial charge in [0, 0.05) is 22.2 Å². The number of anilines is 1. The first-order valence-electron chi connectivity index (χ1n) is 12.0. The number of thiophene rings is 1. The fourth-order valence-electron chi connectivity index (χ4n) is 3.96. The minimum atomic E-state index is -0.911. The zero-order chi connectivity index (χ0) is 26.6. The minimum Gasteiger partial charge on any atom is -0.493 e. The molecule has 0 aliphatic heterocycles. The lowest BCUT2D eigenvalue weighted by molar-refractivity contribution is -0.128. The average molecular weight is 522 g/mol. The van der Waals surface area contributed by atoms with E-state index in [1.54, 1.807) is 30.0 Å². The smallest absolute Gasteiger partial charge is 0.249 e. The van der Waals surface area contributed by atoms with E-state index in [1.165, 1.54) is 23.3 Å². The zero-order valence-corrected chi connectivity index (χ0v) is 22.4. The fraction of sp³-hybridized carbons (Fsp3) is 0.333. The molecule has 0 bridgehead atoms. The van der Waals surface area contributed by atoms with Gasteiger partial charge in [-0.25, -0.2) is 4.68 Å². The lowest BCUT2D eigenvalue weighted by Gasteiger charge is -2.34. The second-order valence-electron chi connectivity index (χ2n) is 9.18. The summed E-state index contributed by atoms with van der Waals surface area (Å²) in [6.45, 7) is 5.82. The van der Waals surface area contributed by atoms with Crippen LogP contribution in [0.1, 0.15) is 38.1 Å². The molecule has 37 heavy (non-hydrogen) atoms. The first-order chi connectivity index (χ1) is 17.8. The van der Waals surface area contributed by atoms with Crippen molar-refractivity contribution in [3.63, 3.8) is 0 Å². The molecule has 1 N–H and O–H groups in total. The third-order valence-electron chi connectivity index (χ3n) is 6.28. The maximum absolute atomic E-state index is 14.1. The largest absolute Gasteiger partial charge is 0.493 e. The molecule has 10 heteroatoms. The molecule has 2 heterocycles. The van der Waals surface area contributed by atoms with Crippen LogP contribution in [-0.4, -0.2) is 46.6 Å². The van der Waals surface area contributed by atoms with Crippen molar-refractivity contribution in [3.8, 4) is 11.5 Å². The number of fused-ring (bicyclic) bond motifs is 1. The number of carbonyl (C=O) groups is 2. The van der Waals surface area contributed by atoms with Gasteiger partial charge in [-0.2, -0.15) is 0 Å². The van der Waals surface area contributed by atoms with Gasteiger partial charge >= 0.3 is 0 Å². The van der Waals surface area contributed by atoms with Gasteiger partial charge in [0.05, 0.1) is 19.7 Å². The Bertz CT molecular complexity index is 1380. The maximum atomic E-state index is 14.1. The highest BCUT2D eigenvalue weighted by Crippen LogP contribution is 2.37. The van der Waals surface area contributed by atoms with Gasteiger partial charge in [0.1, 0.15) is 18.1 Å². The summed E-state index contributed by atoms with van der Waals surface area (Å²) in [6, 6.07) is 15.4. The predicted octanol–water partition coefficient (Wildman–Crippen LogP) is 4.59. The standard InChI is InChI=1S/C27H31N5O4S/c1-6-27(2,3)28-26(34)25(23-12-9-15-37-23)32(18-13-14-21(35-4)22(16-18)36-5)24(33)17-31-20-11-8-7-10-19(20)29-30-31/h7-16,25H,6,17H2,1-5H3,(H,28,34)/t25-/m0/s1. The summed E-state index contributed by atoms with van der Waals surface area (Å²) < 4.78 is 12.5. The highest BCUT2D eigenvalue weighted by atomic mass is 32.1. The van der Waals surface area contributed by atoms with Crippen LogP contribution in [0, 0.1) is 0 Å². The monoisotopic (exact) mass is 521 g/mol. The fourth-order valence-corrected chi connectivity index (χ4v) is 4.77. The van der Waals surface area contributed by atoms with Gasteiger partial charge < -0.3 is 14.8 Å². The van der Waals surface area contributed by atoms with Crippen LogP contribution in [0.25, 0.3) is 11.0 Å². The van der Waals surface area contributed by atoms with Crippen LogP contribution in [0.15, 0.2) is 60.0 Å². The van der Waals surface area contributed by atoms with Crippen molar-refractivity contribution in [3.05, 3.63) is 64.9 Å². The Kier molecular flexibility index (Phi) is 7.77. The molecule has 4 aromatic rings. The van der Waals surface area contributed by atoms with Crippen LogP contribution in [0.2, 0.25) is 0 Å². The van der Waals surface area contributed by atoms with Crippen molar-refractivity contribution in [2.45, 2.75) is 45.3 Å². The van der Waals surface area contributed by atoms with E-state index in [9.17, 15) is 9.59 Å². The van der Waals surface area contributed by atoms with Gasteiger partial charge in [-0.1, -0.05) is 30.3 Å². The summed E-state index contributed by atoms with van der Waals surface area (Å²) in [5.41, 5.74) is 1.45. The summed E-state index contributed by atoms with van der Waals surface area (Å²) in [6.07, 6.45) is 0.727. The molecule has 4 rings (SSSR count). The Hall–Kier alpha value is -3.92. The van der Waals surface area contributed by atoms with Crippen molar-refractivity contribution in [2.24, 2.45) is 0 Å². The summed E-state index contributed by atoms with van der Waals surface area (Å²) in [5, 5.41) is 13.4. The Labute approximate surface area is 220 Å². The molecule has 2 amide bonds. The van der Waals surface area contributed by atoms with Gasteiger partial charge in [-0.05, 0) is 56.0 Å². The van der Waals surface area contributed by atoms with E-state index >= 15 is 0 Å². The van der Waals surface area contributed by atoms with Crippen LogP contribution in [0.3, 0.4) is 0 Å². The quantitative estimate of drug-likeness (QED) is 0.328. The zero-order valence-electron chi connectivity index (χ0n) is 21.6. The number of rotatable bonds is 10. The molecule has 0 aliphatic carbocycles. The topological polar surface area (TPSA) is 98.6 Å². The Morgan fingerprint density at radius 2 is 1.84 bits per heavy atom. The van der Waals surface area contributed by atoms with E-state index in [0.29, 0.717) is 22.7 Å². The number of hydrogen-bond donors (Lipinski definition) is 1. The molecule has 0 spiro atoms. The van der Waals surface area contributed by atoms with Gasteiger partial charge in [-0.3, -0.25) is 14.5 Å². The van der Waals surface area contributed by atoms with Gasteiger partial charge in [0.15, 0.2) is 11.5 Å². The second kappa shape index (κ2) is 11.0. The highest BCUT2D eigenvalue weighted by Gasteiger charge is 2.36. The molecular formula is C27H31N5O4S. The second-order valence-corrected chi connectivity index (χ2v) is 10.2. The number of hydrogen-bond acceptors (Lipinski definition) is 7. The number of ether oxygens (including phenoxy) is 2. The molecule has 9 nitrogen and oxygen atoms in total. The van der Waals surface area contributed by atoms with Crippen molar-refractivity contribution < 1.29 is 19.1 Å². The molecular weight excluding hydrogens is 490 g/mol. The predicted molar refractivity (Wildman–Crippen MR) is 144 cm³/mol. The van der Waals surface area contributed by atoms with Gasteiger partial charge in [-0.15, -0.1) is 16.4 Å². The molecule has 0 aliphatic rings. The van der Waals surface area contributed by atoms with Crippen LogP contribution < -0.4 is 19.7 Å². The normalized spacial score (nSPS) is 12.2. The first kappa shape index (κ1) is 26.2. The molecule has 0 radical (unpaired) electrons. The molecule has 2 aromatic heterocycles. The summed E-state index contributed by atoms with van der Waals surface area (Å²) >= 11 is 1.42. The lowest BCUT2D eigenvalue weighted by Crippen LogP contribution is -2.50. The molecule has 0 unspecified atom stereocenters. The van der Waals surface area contributed by atoms with Crippen molar-refractivity contribution in [2.75, 3.05) is 19.1 Å². The number of benzene rings is 2. The van der Waals surface area contributed by atoms with Gasteiger partial charge in [0.25, 0.3) is 0 Å². The van der Waals surface area contributed by atoms with E-state index in [-0.39, 0.29) is 18.4 Å². The van der Waals surface area contributed by atoms with Crippen LogP contribution in [0.5, 0.6) is 11.5 Å². The highest BCUT2D eigenvalue weighted by molar-refractivity contribution is 7.10. The number of amides is 2. The van der Waals surface area contributed by atoms with E-state index in [0.717, 1.165) is 16.8 Å². The molecule has 2 aromatic carbocycles. The molecule has 0 fully saturated rings. The van der Waals surface area contributed by atoms with Gasteiger partial charge in [0.2, 0.25) is 11.8 Å². The lowest BCUT2D eigenvalue weighted by atomic mass is 10.0. The first-order valence-corrected chi connectivity index (χ1v) is 12.8. The van der Waals surface area contributed by atoms with E-state index < -0.39 is 11.6 Å². The summed E-state index contributed by atoms with van der Waals surface area (Å²) in [4.78, 5) is 30.2. The number of nitrogens with zero attached hydrogens (tertiary/aromatic N) is 4. The molecule has 0 saturated heterocycles. The number of para-hydroxylation sites is 1. The third kappa shape index (κ3) is 5.59. The number of methoxy groups -OCH3 is 2. The third-order valence-corrected chi connectivity index (χ3v) is 7.21. The van der Waals surface area contributed by atoms with Crippen molar-refractivity contribution >= 4 is 39.9 Å². The Balaban J connectivity index is 1.82. The van der Waals surface area contributed by atoms with E-state index in [2.05, 4.69) is 15.6 Å². The van der Waals surface area contributed by atoms with Crippen LogP contribution >= 0.6 is 11.3 Å². The van der Waals surface area contributed by atoms with E-state index in [4.69, 9.17) is 9.47 Å². The summed E-state index contributed by atoms with van der Waals surface area (Å²) in [5.74, 6) is 0.361. The molecule has 194 valence electrons. The Morgan fingerprint density at radius 1 is 1.08 bits per heavy atom. The molecule has 1 atom stereocenters. The number of carbonyl (C=O) groups excluding carboxylic acids is 2. The number of aromatic nitrogens is 3. The average Bonchev–Trinajstić information content (AvgIpc) is 3.57. The molecule has 0 saturated carbocycles.